The number of benzene rings is 1. The fourth-order valence-corrected chi connectivity index (χ4v) is 7.57. The number of aliphatic hydroxyl groups is 1. The Morgan fingerprint density at radius 2 is 1.85 bits per heavy atom. The normalized spacial score (nSPS) is 32.4. The van der Waals surface area contributed by atoms with Crippen LogP contribution in [0.15, 0.2) is 30.3 Å². The molecule has 3 amide bonds. The predicted molar refractivity (Wildman–Crippen MR) is 149 cm³/mol. The van der Waals surface area contributed by atoms with E-state index in [1.54, 1.807) is 4.90 Å². The summed E-state index contributed by atoms with van der Waals surface area (Å²) in [5.41, 5.74) is -1.27. The van der Waals surface area contributed by atoms with Crippen molar-refractivity contribution in [1.82, 2.24) is 15.1 Å². The minimum atomic E-state index is -1.11. The van der Waals surface area contributed by atoms with E-state index in [1.807, 2.05) is 51.1 Å². The molecule has 2 unspecified atom stereocenters. The second-order valence-corrected chi connectivity index (χ2v) is 12.1. The molecule has 0 aromatic heterocycles. The van der Waals surface area contributed by atoms with Gasteiger partial charge in [0.2, 0.25) is 17.7 Å². The number of carbonyl (C=O) groups excluding carboxylic acids is 3. The fourth-order valence-electron chi connectivity index (χ4n) is 7.57. The molecule has 2 bridgehead atoms. The monoisotopic (exact) mass is 556 g/mol. The first kappa shape index (κ1) is 29.0. The van der Waals surface area contributed by atoms with Gasteiger partial charge in [-0.2, -0.15) is 0 Å². The summed E-state index contributed by atoms with van der Waals surface area (Å²) in [6.07, 6.45) is 2.22. The first-order valence-corrected chi connectivity index (χ1v) is 14.8. The number of hydrogen-bond acceptors (Lipinski definition) is 7. The third-order valence-electron chi connectivity index (χ3n) is 9.37. The first-order chi connectivity index (χ1) is 19.3. The molecule has 0 aliphatic carbocycles. The van der Waals surface area contributed by atoms with Gasteiger partial charge in [-0.15, -0.1) is 0 Å². The van der Waals surface area contributed by atoms with Crippen LogP contribution in [0, 0.1) is 17.8 Å². The third kappa shape index (κ3) is 5.04. The van der Waals surface area contributed by atoms with Crippen LogP contribution in [-0.4, -0.2) is 102 Å². The maximum atomic E-state index is 14.4. The molecule has 4 aliphatic heterocycles. The molecule has 220 valence electrons. The van der Waals surface area contributed by atoms with Crippen LogP contribution in [0.3, 0.4) is 0 Å². The van der Waals surface area contributed by atoms with Gasteiger partial charge in [-0.3, -0.25) is 19.3 Å². The van der Waals surface area contributed by atoms with E-state index in [-0.39, 0.29) is 30.2 Å². The molecule has 4 aliphatic rings. The predicted octanol–water partition coefficient (Wildman–Crippen LogP) is 1.64. The summed E-state index contributed by atoms with van der Waals surface area (Å²) in [6.45, 7) is 9.89. The number of ether oxygens (including phenoxy) is 2. The van der Waals surface area contributed by atoms with Gasteiger partial charge in [-0.05, 0) is 43.7 Å². The number of nitrogens with one attached hydrogen (secondary N) is 2. The standard InChI is InChI=1S/C30H44N4O6/c1-4-29-10-11-30(40-29)24(23(29)26(36)32-21-8-6-5-7-9-21)28(38)34(22(19-35)18-20(2)3)25(30)27(37)31-12-13-33-14-16-39-17-15-33/h5-9,20,22-25,35H,4,10-19H2,1-3H3,(H,31,37)(H,32,36)/t22-,23-,24+,25?,29+,30?/m1/s1. The van der Waals surface area contributed by atoms with Gasteiger partial charge in [0.05, 0.1) is 43.3 Å². The lowest BCUT2D eigenvalue weighted by Gasteiger charge is -2.38. The lowest BCUT2D eigenvalue weighted by atomic mass is 9.65. The Morgan fingerprint density at radius 3 is 2.50 bits per heavy atom. The summed E-state index contributed by atoms with van der Waals surface area (Å²) >= 11 is 0. The molecular formula is C30H44N4O6. The zero-order valence-electron chi connectivity index (χ0n) is 23.9. The number of likely N-dealkylation sites (tertiary alicyclic amines) is 1. The van der Waals surface area contributed by atoms with Gasteiger partial charge < -0.3 is 30.1 Å². The highest BCUT2D eigenvalue weighted by atomic mass is 16.5. The van der Waals surface area contributed by atoms with Crippen molar-refractivity contribution < 1.29 is 29.0 Å². The topological polar surface area (TPSA) is 120 Å². The Balaban J connectivity index is 1.46. The Hall–Kier alpha value is -2.53. The second kappa shape index (κ2) is 11.8. The molecule has 5 rings (SSSR count). The van der Waals surface area contributed by atoms with Crippen LogP contribution in [0.25, 0.3) is 0 Å². The molecule has 3 N–H and O–H groups in total. The highest BCUT2D eigenvalue weighted by molar-refractivity contribution is 6.02. The summed E-state index contributed by atoms with van der Waals surface area (Å²) in [6, 6.07) is 7.76. The molecule has 4 heterocycles. The fraction of sp³-hybridized carbons (Fsp3) is 0.700. The first-order valence-electron chi connectivity index (χ1n) is 14.8. The van der Waals surface area contributed by atoms with Crippen LogP contribution in [-0.2, 0) is 23.9 Å². The minimum Gasteiger partial charge on any atom is -0.394 e. The van der Waals surface area contributed by atoms with Crippen LogP contribution >= 0.6 is 0 Å². The van der Waals surface area contributed by atoms with Crippen LogP contribution in [0.1, 0.15) is 46.5 Å². The van der Waals surface area contributed by atoms with Crippen molar-refractivity contribution in [3.63, 3.8) is 0 Å². The molecule has 1 aromatic carbocycles. The number of aliphatic hydroxyl groups excluding tert-OH is 1. The number of fused-ring (bicyclic) bond motifs is 1. The molecule has 4 fully saturated rings. The summed E-state index contributed by atoms with van der Waals surface area (Å²) in [5.74, 6) is -2.12. The van der Waals surface area contributed by atoms with Crippen molar-refractivity contribution in [2.45, 2.75) is 69.7 Å². The van der Waals surface area contributed by atoms with E-state index in [0.717, 1.165) is 13.1 Å². The lowest BCUT2D eigenvalue weighted by Crippen LogP contribution is -2.58. The van der Waals surface area contributed by atoms with Crippen molar-refractivity contribution in [2.24, 2.45) is 17.8 Å². The van der Waals surface area contributed by atoms with Crippen LogP contribution in [0.5, 0.6) is 0 Å². The molecule has 0 radical (unpaired) electrons. The SMILES string of the molecule is CC[C@@]12CCC3(O1)C(C(=O)NCCN1CCOCC1)N([C@@H](CO)CC(C)C)C(=O)[C@@H]3[C@@H]2C(=O)Nc1ccccc1. The number of amides is 3. The summed E-state index contributed by atoms with van der Waals surface area (Å²) in [4.78, 5) is 46.1. The van der Waals surface area contributed by atoms with E-state index < -0.39 is 35.1 Å². The Kier molecular flexibility index (Phi) is 8.52. The molecule has 6 atom stereocenters. The number of rotatable bonds is 11. The number of nitrogens with zero attached hydrogens (tertiary/aromatic N) is 2. The summed E-state index contributed by atoms with van der Waals surface area (Å²) in [5, 5.41) is 16.5. The van der Waals surface area contributed by atoms with E-state index in [2.05, 4.69) is 15.5 Å². The van der Waals surface area contributed by atoms with Crippen LogP contribution < -0.4 is 10.6 Å². The van der Waals surface area contributed by atoms with Crippen LogP contribution in [0.2, 0.25) is 0 Å². The zero-order valence-corrected chi connectivity index (χ0v) is 23.9. The zero-order chi connectivity index (χ0) is 28.5. The van der Waals surface area contributed by atoms with Gasteiger partial charge in [-0.25, -0.2) is 0 Å². The highest BCUT2D eigenvalue weighted by Crippen LogP contribution is 2.64. The maximum absolute atomic E-state index is 14.4. The second-order valence-electron chi connectivity index (χ2n) is 12.1. The highest BCUT2D eigenvalue weighted by Gasteiger charge is 2.79. The number of morpholine rings is 1. The van der Waals surface area contributed by atoms with Crippen molar-refractivity contribution in [2.75, 3.05) is 51.3 Å². The van der Waals surface area contributed by atoms with Crippen molar-refractivity contribution >= 4 is 23.4 Å². The number of anilines is 1. The van der Waals surface area contributed by atoms with E-state index in [1.165, 1.54) is 0 Å². The van der Waals surface area contributed by atoms with Gasteiger partial charge in [0.1, 0.15) is 11.6 Å². The molecule has 1 aromatic rings. The average Bonchev–Trinajstić information content (AvgIpc) is 3.56. The van der Waals surface area contributed by atoms with Gasteiger partial charge >= 0.3 is 0 Å². The third-order valence-corrected chi connectivity index (χ3v) is 9.37. The lowest BCUT2D eigenvalue weighted by molar-refractivity contribution is -0.150. The number of para-hydroxylation sites is 1. The number of hydrogen-bond donors (Lipinski definition) is 3. The average molecular weight is 557 g/mol. The van der Waals surface area contributed by atoms with E-state index in [0.29, 0.717) is 57.7 Å². The molecule has 4 saturated heterocycles. The van der Waals surface area contributed by atoms with E-state index in [4.69, 9.17) is 9.47 Å². The Morgan fingerprint density at radius 1 is 1.12 bits per heavy atom. The Bertz CT molecular complexity index is 1080. The summed E-state index contributed by atoms with van der Waals surface area (Å²) in [7, 11) is 0. The van der Waals surface area contributed by atoms with E-state index >= 15 is 0 Å². The Labute approximate surface area is 236 Å². The van der Waals surface area contributed by atoms with Gasteiger partial charge in [0, 0.05) is 31.9 Å². The molecular weight excluding hydrogens is 512 g/mol. The van der Waals surface area contributed by atoms with Gasteiger partial charge in [0.15, 0.2) is 0 Å². The summed E-state index contributed by atoms with van der Waals surface area (Å²) < 4.78 is 12.3. The van der Waals surface area contributed by atoms with Crippen molar-refractivity contribution in [3.05, 3.63) is 30.3 Å². The smallest absolute Gasteiger partial charge is 0.245 e. The quantitative estimate of drug-likeness (QED) is 0.379. The van der Waals surface area contributed by atoms with Crippen molar-refractivity contribution in [3.8, 4) is 0 Å². The van der Waals surface area contributed by atoms with E-state index in [9.17, 15) is 19.5 Å². The minimum absolute atomic E-state index is 0.198. The molecule has 10 heteroatoms. The molecule has 40 heavy (non-hydrogen) atoms. The molecule has 1 spiro atoms. The van der Waals surface area contributed by atoms with Gasteiger partial charge in [0.25, 0.3) is 0 Å². The van der Waals surface area contributed by atoms with Crippen LogP contribution in [0.4, 0.5) is 5.69 Å². The number of carbonyl (C=O) groups is 3. The molecule has 0 saturated carbocycles. The van der Waals surface area contributed by atoms with Gasteiger partial charge in [-0.1, -0.05) is 39.0 Å². The maximum Gasteiger partial charge on any atom is 0.245 e. The largest absolute Gasteiger partial charge is 0.394 e. The molecule has 10 nitrogen and oxygen atoms in total. The van der Waals surface area contributed by atoms with Crippen molar-refractivity contribution in [1.29, 1.82) is 0 Å².